The first-order valence-corrected chi connectivity index (χ1v) is 5.94. The number of carboxylic acids is 1. The summed E-state index contributed by atoms with van der Waals surface area (Å²) in [6, 6.07) is 6.91. The SMILES string of the molecule is O=C(O)C=Cc1cccc(C(=O)NCC2CC2)c1. The van der Waals surface area contributed by atoms with Crippen LogP contribution in [0.5, 0.6) is 0 Å². The molecule has 0 heterocycles. The number of rotatable bonds is 5. The zero-order chi connectivity index (χ0) is 13.0. The van der Waals surface area contributed by atoms with E-state index in [4.69, 9.17) is 5.11 Å². The van der Waals surface area contributed by atoms with Crippen LogP contribution in [0.4, 0.5) is 0 Å². The third-order valence-electron chi connectivity index (χ3n) is 2.82. The van der Waals surface area contributed by atoms with Gasteiger partial charge in [-0.05, 0) is 42.5 Å². The molecule has 18 heavy (non-hydrogen) atoms. The van der Waals surface area contributed by atoms with Crippen LogP contribution < -0.4 is 5.32 Å². The molecule has 0 unspecified atom stereocenters. The molecule has 0 radical (unpaired) electrons. The van der Waals surface area contributed by atoms with Gasteiger partial charge in [0, 0.05) is 18.2 Å². The molecular formula is C14H15NO3. The van der Waals surface area contributed by atoms with Gasteiger partial charge in [0.05, 0.1) is 0 Å². The van der Waals surface area contributed by atoms with E-state index in [1.165, 1.54) is 18.9 Å². The molecule has 4 nitrogen and oxygen atoms in total. The number of aliphatic carboxylic acids is 1. The lowest BCUT2D eigenvalue weighted by atomic mass is 10.1. The van der Waals surface area contributed by atoms with E-state index in [1.54, 1.807) is 24.3 Å². The smallest absolute Gasteiger partial charge is 0.328 e. The number of carboxylic acid groups (broad SMARTS) is 1. The molecule has 1 aromatic carbocycles. The van der Waals surface area contributed by atoms with Crippen molar-refractivity contribution in [2.24, 2.45) is 5.92 Å². The van der Waals surface area contributed by atoms with Gasteiger partial charge in [-0.1, -0.05) is 12.1 Å². The Kier molecular flexibility index (Phi) is 3.77. The molecule has 0 aromatic heterocycles. The maximum atomic E-state index is 11.8. The van der Waals surface area contributed by atoms with Crippen LogP contribution >= 0.6 is 0 Å². The van der Waals surface area contributed by atoms with E-state index in [0.29, 0.717) is 17.0 Å². The largest absolute Gasteiger partial charge is 0.478 e. The number of hydrogen-bond donors (Lipinski definition) is 2. The molecule has 1 saturated carbocycles. The maximum absolute atomic E-state index is 11.8. The van der Waals surface area contributed by atoms with Gasteiger partial charge in [0.25, 0.3) is 5.91 Å². The summed E-state index contributed by atoms with van der Waals surface area (Å²) >= 11 is 0. The summed E-state index contributed by atoms with van der Waals surface area (Å²) in [6.07, 6.45) is 4.92. The Hall–Kier alpha value is -2.10. The van der Waals surface area contributed by atoms with Gasteiger partial charge >= 0.3 is 5.97 Å². The third-order valence-corrected chi connectivity index (χ3v) is 2.82. The molecule has 0 spiro atoms. The molecule has 4 heteroatoms. The normalized spacial score (nSPS) is 14.7. The zero-order valence-electron chi connectivity index (χ0n) is 9.93. The highest BCUT2D eigenvalue weighted by Gasteiger charge is 2.21. The van der Waals surface area contributed by atoms with Gasteiger partial charge in [-0.2, -0.15) is 0 Å². The fraction of sp³-hybridized carbons (Fsp3) is 0.286. The van der Waals surface area contributed by atoms with Crippen LogP contribution in [0.25, 0.3) is 6.08 Å². The Balaban J connectivity index is 2.00. The van der Waals surface area contributed by atoms with Crippen molar-refractivity contribution in [1.29, 1.82) is 0 Å². The van der Waals surface area contributed by atoms with Crippen LogP contribution in [0.2, 0.25) is 0 Å². The lowest BCUT2D eigenvalue weighted by molar-refractivity contribution is -0.131. The van der Waals surface area contributed by atoms with Gasteiger partial charge < -0.3 is 10.4 Å². The minimum atomic E-state index is -1.00. The van der Waals surface area contributed by atoms with Crippen molar-refractivity contribution >= 4 is 18.0 Å². The highest BCUT2D eigenvalue weighted by molar-refractivity contribution is 5.95. The molecule has 1 aromatic rings. The summed E-state index contributed by atoms with van der Waals surface area (Å²) in [5, 5.41) is 11.4. The second-order valence-corrected chi connectivity index (χ2v) is 4.45. The number of amides is 1. The predicted molar refractivity (Wildman–Crippen MR) is 68.2 cm³/mol. The van der Waals surface area contributed by atoms with E-state index in [9.17, 15) is 9.59 Å². The minimum absolute atomic E-state index is 0.104. The lowest BCUT2D eigenvalue weighted by Gasteiger charge is -2.04. The monoisotopic (exact) mass is 245 g/mol. The molecule has 0 aliphatic heterocycles. The van der Waals surface area contributed by atoms with Crippen molar-refractivity contribution in [3.05, 3.63) is 41.5 Å². The quantitative estimate of drug-likeness (QED) is 0.779. The zero-order valence-corrected chi connectivity index (χ0v) is 9.93. The molecule has 1 fully saturated rings. The van der Waals surface area contributed by atoms with Gasteiger partial charge in [0.2, 0.25) is 0 Å². The van der Waals surface area contributed by atoms with E-state index < -0.39 is 5.97 Å². The van der Waals surface area contributed by atoms with Crippen LogP contribution in [-0.2, 0) is 4.79 Å². The fourth-order valence-electron chi connectivity index (χ4n) is 1.61. The Bertz CT molecular complexity index is 490. The Labute approximate surface area is 105 Å². The highest BCUT2D eigenvalue weighted by atomic mass is 16.4. The van der Waals surface area contributed by atoms with Crippen molar-refractivity contribution in [1.82, 2.24) is 5.32 Å². The van der Waals surface area contributed by atoms with Crippen LogP contribution in [0.3, 0.4) is 0 Å². The number of carbonyl (C=O) groups excluding carboxylic acids is 1. The van der Waals surface area contributed by atoms with Crippen molar-refractivity contribution in [3.8, 4) is 0 Å². The van der Waals surface area contributed by atoms with Gasteiger partial charge in [0.15, 0.2) is 0 Å². The van der Waals surface area contributed by atoms with Crippen LogP contribution in [0, 0.1) is 5.92 Å². The minimum Gasteiger partial charge on any atom is -0.478 e. The Morgan fingerprint density at radius 1 is 1.39 bits per heavy atom. The predicted octanol–water partition coefficient (Wildman–Crippen LogP) is 1.92. The van der Waals surface area contributed by atoms with Crippen LogP contribution in [-0.4, -0.2) is 23.5 Å². The molecule has 2 N–H and O–H groups in total. The molecule has 1 aliphatic carbocycles. The van der Waals surface area contributed by atoms with Crippen LogP contribution in [0.1, 0.15) is 28.8 Å². The molecular weight excluding hydrogens is 230 g/mol. The van der Waals surface area contributed by atoms with Crippen molar-refractivity contribution in [3.63, 3.8) is 0 Å². The molecule has 1 aliphatic rings. The second kappa shape index (κ2) is 5.49. The summed E-state index contributed by atoms with van der Waals surface area (Å²) in [6.45, 7) is 0.730. The Morgan fingerprint density at radius 2 is 2.17 bits per heavy atom. The highest BCUT2D eigenvalue weighted by Crippen LogP contribution is 2.27. The molecule has 94 valence electrons. The Morgan fingerprint density at radius 3 is 2.83 bits per heavy atom. The molecule has 0 atom stereocenters. The maximum Gasteiger partial charge on any atom is 0.328 e. The summed E-state index contributed by atoms with van der Waals surface area (Å²) in [5.41, 5.74) is 1.26. The van der Waals surface area contributed by atoms with E-state index in [2.05, 4.69) is 5.32 Å². The number of benzene rings is 1. The van der Waals surface area contributed by atoms with Gasteiger partial charge in [-0.15, -0.1) is 0 Å². The first-order valence-electron chi connectivity index (χ1n) is 5.94. The van der Waals surface area contributed by atoms with Crippen molar-refractivity contribution in [2.45, 2.75) is 12.8 Å². The first kappa shape index (κ1) is 12.4. The average molecular weight is 245 g/mol. The van der Waals surface area contributed by atoms with Gasteiger partial charge in [0.1, 0.15) is 0 Å². The molecule has 0 bridgehead atoms. The van der Waals surface area contributed by atoms with Crippen LogP contribution in [0.15, 0.2) is 30.3 Å². The first-order chi connectivity index (χ1) is 8.65. The number of nitrogens with one attached hydrogen (secondary N) is 1. The standard InChI is InChI=1S/C14H15NO3/c16-13(17)7-6-10-2-1-3-12(8-10)14(18)15-9-11-4-5-11/h1-3,6-8,11H,4-5,9H2,(H,15,18)(H,16,17). The fourth-order valence-corrected chi connectivity index (χ4v) is 1.61. The van der Waals surface area contributed by atoms with E-state index in [1.807, 2.05) is 0 Å². The summed E-state index contributed by atoms with van der Waals surface area (Å²) in [5.74, 6) is -0.463. The summed E-state index contributed by atoms with van der Waals surface area (Å²) in [7, 11) is 0. The lowest BCUT2D eigenvalue weighted by Crippen LogP contribution is -2.25. The van der Waals surface area contributed by atoms with Crippen molar-refractivity contribution < 1.29 is 14.7 Å². The number of carbonyl (C=O) groups is 2. The second-order valence-electron chi connectivity index (χ2n) is 4.45. The number of hydrogen-bond acceptors (Lipinski definition) is 2. The third kappa shape index (κ3) is 3.73. The van der Waals surface area contributed by atoms with Gasteiger partial charge in [-0.3, -0.25) is 4.79 Å². The molecule has 1 amide bonds. The summed E-state index contributed by atoms with van der Waals surface area (Å²) < 4.78 is 0. The topological polar surface area (TPSA) is 66.4 Å². The van der Waals surface area contributed by atoms with Crippen molar-refractivity contribution in [2.75, 3.05) is 6.54 Å². The van der Waals surface area contributed by atoms with E-state index in [-0.39, 0.29) is 5.91 Å². The molecule has 0 saturated heterocycles. The van der Waals surface area contributed by atoms with E-state index >= 15 is 0 Å². The molecule has 2 rings (SSSR count). The average Bonchev–Trinajstić information content (AvgIpc) is 3.18. The van der Waals surface area contributed by atoms with E-state index in [0.717, 1.165) is 12.6 Å². The summed E-state index contributed by atoms with van der Waals surface area (Å²) in [4.78, 5) is 22.2. The van der Waals surface area contributed by atoms with Gasteiger partial charge in [-0.25, -0.2) is 4.79 Å².